The Morgan fingerprint density at radius 2 is 1.38 bits per heavy atom. The molecule has 2 heterocycles. The van der Waals surface area contributed by atoms with Gasteiger partial charge in [-0.3, -0.25) is 14.4 Å². The highest BCUT2D eigenvalue weighted by Crippen LogP contribution is 2.12. The van der Waals surface area contributed by atoms with Gasteiger partial charge in [0.2, 0.25) is 0 Å². The number of benzene rings is 2. The van der Waals surface area contributed by atoms with Gasteiger partial charge >= 0.3 is 0 Å². The lowest BCUT2D eigenvalue weighted by molar-refractivity contribution is 0.0534. The van der Waals surface area contributed by atoms with Gasteiger partial charge in [0.15, 0.2) is 0 Å². The fraction of sp³-hybridized carbons (Fsp3) is 0.269. The van der Waals surface area contributed by atoms with Crippen LogP contribution in [0.3, 0.4) is 0 Å². The Morgan fingerprint density at radius 1 is 0.750 bits per heavy atom. The minimum absolute atomic E-state index is 0.0234. The maximum absolute atomic E-state index is 13.1. The van der Waals surface area contributed by atoms with Crippen molar-refractivity contribution in [3.8, 4) is 0 Å². The quantitative estimate of drug-likeness (QED) is 0.626. The van der Waals surface area contributed by atoms with Gasteiger partial charge in [-0.25, -0.2) is 0 Å². The molecule has 1 aliphatic rings. The summed E-state index contributed by atoms with van der Waals surface area (Å²) in [5.74, 6) is -0.304. The van der Waals surface area contributed by atoms with E-state index >= 15 is 0 Å². The number of hydrogen-bond acceptors (Lipinski definition) is 3. The molecule has 1 fully saturated rings. The summed E-state index contributed by atoms with van der Waals surface area (Å²) in [7, 11) is 0. The van der Waals surface area contributed by atoms with Crippen molar-refractivity contribution in [1.29, 1.82) is 0 Å². The van der Waals surface area contributed by atoms with E-state index in [9.17, 15) is 14.4 Å². The average Bonchev–Trinajstić information content (AvgIpc) is 2.85. The number of pyridine rings is 1. The van der Waals surface area contributed by atoms with Gasteiger partial charge in [0, 0.05) is 37.9 Å². The largest absolute Gasteiger partial charge is 0.335 e. The molecule has 0 saturated carbocycles. The molecule has 0 spiro atoms. The fourth-order valence-corrected chi connectivity index (χ4v) is 3.95. The molecule has 0 N–H and O–H groups in total. The first-order valence-electron chi connectivity index (χ1n) is 11.0. The van der Waals surface area contributed by atoms with Gasteiger partial charge in [-0.15, -0.1) is 0 Å². The monoisotopic (exact) mass is 429 g/mol. The molecule has 0 atom stereocenters. The molecule has 4 rings (SSSR count). The first-order chi connectivity index (χ1) is 15.6. The van der Waals surface area contributed by atoms with Gasteiger partial charge in [-0.1, -0.05) is 49.4 Å². The molecule has 1 aliphatic heterocycles. The molecule has 1 aromatic heterocycles. The van der Waals surface area contributed by atoms with E-state index in [0.29, 0.717) is 38.3 Å². The second-order valence-corrected chi connectivity index (χ2v) is 7.98. The molecule has 0 unspecified atom stereocenters. The number of aromatic nitrogens is 1. The van der Waals surface area contributed by atoms with Crippen LogP contribution < -0.4 is 5.56 Å². The normalized spacial score (nSPS) is 13.8. The molecule has 2 amide bonds. The SMILES string of the molecule is CCc1ccc(C(=O)N2CCN(C(=O)c3cccn(Cc4ccccc4)c3=O)CC2)cc1. The first-order valence-corrected chi connectivity index (χ1v) is 11.0. The van der Waals surface area contributed by atoms with Crippen LogP contribution in [0.2, 0.25) is 0 Å². The number of amides is 2. The van der Waals surface area contributed by atoms with E-state index in [4.69, 9.17) is 0 Å². The van der Waals surface area contributed by atoms with Crippen LogP contribution in [0.15, 0.2) is 77.7 Å². The van der Waals surface area contributed by atoms with Crippen LogP contribution in [0.5, 0.6) is 0 Å². The highest BCUT2D eigenvalue weighted by molar-refractivity contribution is 5.95. The van der Waals surface area contributed by atoms with Crippen molar-refractivity contribution in [3.63, 3.8) is 0 Å². The summed E-state index contributed by atoms with van der Waals surface area (Å²) in [6.45, 7) is 4.21. The lowest BCUT2D eigenvalue weighted by Crippen LogP contribution is -2.51. The fourth-order valence-electron chi connectivity index (χ4n) is 3.95. The Hall–Kier alpha value is -3.67. The van der Waals surface area contributed by atoms with Crippen molar-refractivity contribution in [2.75, 3.05) is 26.2 Å². The number of carbonyl (C=O) groups is 2. The third kappa shape index (κ3) is 4.64. The molecule has 0 radical (unpaired) electrons. The van der Waals surface area contributed by atoms with Gasteiger partial charge < -0.3 is 14.4 Å². The molecular formula is C26H27N3O3. The number of piperazine rings is 1. The maximum atomic E-state index is 13.1. The Labute approximate surface area is 187 Å². The standard InChI is InChI=1S/C26H27N3O3/c1-2-20-10-12-22(13-11-20)24(30)27-15-17-28(18-16-27)25(31)23-9-6-14-29(26(23)32)19-21-7-4-3-5-8-21/h3-14H,2,15-19H2,1H3. The van der Waals surface area contributed by atoms with Crippen LogP contribution in [-0.4, -0.2) is 52.4 Å². The van der Waals surface area contributed by atoms with E-state index in [-0.39, 0.29) is 22.9 Å². The molecule has 164 valence electrons. The lowest BCUT2D eigenvalue weighted by atomic mass is 10.1. The van der Waals surface area contributed by atoms with Crippen LogP contribution in [-0.2, 0) is 13.0 Å². The van der Waals surface area contributed by atoms with Crippen molar-refractivity contribution in [2.24, 2.45) is 0 Å². The average molecular weight is 430 g/mol. The third-order valence-corrected chi connectivity index (χ3v) is 5.91. The van der Waals surface area contributed by atoms with Crippen LogP contribution in [0.25, 0.3) is 0 Å². The summed E-state index contributed by atoms with van der Waals surface area (Å²) in [5, 5.41) is 0. The number of aryl methyl sites for hydroxylation is 1. The number of hydrogen-bond donors (Lipinski definition) is 0. The molecule has 0 aliphatic carbocycles. The molecular weight excluding hydrogens is 402 g/mol. The molecule has 6 nitrogen and oxygen atoms in total. The minimum atomic E-state index is -0.295. The van der Waals surface area contributed by atoms with Crippen molar-refractivity contribution in [3.05, 3.63) is 106 Å². The highest BCUT2D eigenvalue weighted by Gasteiger charge is 2.27. The van der Waals surface area contributed by atoms with E-state index in [1.54, 1.807) is 32.7 Å². The van der Waals surface area contributed by atoms with Gasteiger partial charge in [0.1, 0.15) is 5.56 Å². The second-order valence-electron chi connectivity index (χ2n) is 7.98. The summed E-state index contributed by atoms with van der Waals surface area (Å²) >= 11 is 0. The summed E-state index contributed by atoms with van der Waals surface area (Å²) in [6.07, 6.45) is 2.63. The second kappa shape index (κ2) is 9.64. The van der Waals surface area contributed by atoms with Crippen LogP contribution in [0.4, 0.5) is 0 Å². The summed E-state index contributed by atoms with van der Waals surface area (Å²) in [5.41, 5.74) is 2.72. The zero-order chi connectivity index (χ0) is 22.5. The van der Waals surface area contributed by atoms with Crippen molar-refractivity contribution >= 4 is 11.8 Å². The molecule has 0 bridgehead atoms. The van der Waals surface area contributed by atoms with E-state index < -0.39 is 0 Å². The predicted molar refractivity (Wildman–Crippen MR) is 124 cm³/mol. The molecule has 2 aromatic carbocycles. The molecule has 32 heavy (non-hydrogen) atoms. The maximum Gasteiger partial charge on any atom is 0.263 e. The summed E-state index contributed by atoms with van der Waals surface area (Å²) < 4.78 is 1.56. The molecule has 6 heteroatoms. The van der Waals surface area contributed by atoms with Crippen LogP contribution in [0, 0.1) is 0 Å². The van der Waals surface area contributed by atoms with Crippen LogP contribution >= 0.6 is 0 Å². The predicted octanol–water partition coefficient (Wildman–Crippen LogP) is 3.06. The zero-order valence-corrected chi connectivity index (χ0v) is 18.2. The van der Waals surface area contributed by atoms with Crippen molar-refractivity contribution < 1.29 is 9.59 Å². The third-order valence-electron chi connectivity index (χ3n) is 5.91. The number of carbonyl (C=O) groups excluding carboxylic acids is 2. The Kier molecular flexibility index (Phi) is 6.50. The van der Waals surface area contributed by atoms with Crippen LogP contribution in [0.1, 0.15) is 38.8 Å². The van der Waals surface area contributed by atoms with E-state index in [1.807, 2.05) is 54.6 Å². The van der Waals surface area contributed by atoms with Crippen molar-refractivity contribution in [1.82, 2.24) is 14.4 Å². The smallest absolute Gasteiger partial charge is 0.263 e. The lowest BCUT2D eigenvalue weighted by Gasteiger charge is -2.34. The Bertz CT molecular complexity index is 1140. The van der Waals surface area contributed by atoms with Gasteiger partial charge in [-0.05, 0) is 41.8 Å². The van der Waals surface area contributed by atoms with E-state index in [1.165, 1.54) is 5.56 Å². The van der Waals surface area contributed by atoms with Gasteiger partial charge in [-0.2, -0.15) is 0 Å². The molecule has 3 aromatic rings. The topological polar surface area (TPSA) is 62.6 Å². The minimum Gasteiger partial charge on any atom is -0.335 e. The summed E-state index contributed by atoms with van der Waals surface area (Å²) in [4.78, 5) is 42.2. The first kappa shape index (κ1) is 21.6. The van der Waals surface area contributed by atoms with Crippen molar-refractivity contribution in [2.45, 2.75) is 19.9 Å². The number of rotatable bonds is 5. The number of nitrogens with zero attached hydrogens (tertiary/aromatic N) is 3. The Balaban J connectivity index is 1.41. The van der Waals surface area contributed by atoms with Gasteiger partial charge in [0.05, 0.1) is 6.54 Å². The summed E-state index contributed by atoms with van der Waals surface area (Å²) in [6, 6.07) is 20.7. The zero-order valence-electron chi connectivity index (χ0n) is 18.2. The van der Waals surface area contributed by atoms with Gasteiger partial charge in [0.25, 0.3) is 17.4 Å². The Morgan fingerprint density at radius 3 is 2.00 bits per heavy atom. The van der Waals surface area contributed by atoms with E-state index in [2.05, 4.69) is 6.92 Å². The highest BCUT2D eigenvalue weighted by atomic mass is 16.2. The molecule has 1 saturated heterocycles. The van der Waals surface area contributed by atoms with E-state index in [0.717, 1.165) is 12.0 Å².